The molecule has 1 unspecified atom stereocenters. The van der Waals surface area contributed by atoms with Gasteiger partial charge in [-0.1, -0.05) is 18.2 Å². The van der Waals surface area contributed by atoms with Gasteiger partial charge in [-0.3, -0.25) is 4.79 Å². The topological polar surface area (TPSA) is 62.3 Å². The van der Waals surface area contributed by atoms with E-state index in [0.29, 0.717) is 6.47 Å². The maximum absolute atomic E-state index is 10.5. The molecular weight excluding hydrogens is 278 g/mol. The second kappa shape index (κ2) is 5.56. The minimum Gasteiger partial charge on any atom is -0.508 e. The fourth-order valence-electron chi connectivity index (χ4n) is 2.78. The molecule has 1 heterocycles. The molecule has 0 radical (unpaired) electrons. The molecule has 22 heavy (non-hydrogen) atoms. The van der Waals surface area contributed by atoms with Crippen LogP contribution in [0.25, 0.3) is 22.0 Å². The van der Waals surface area contributed by atoms with Gasteiger partial charge < -0.3 is 14.8 Å². The van der Waals surface area contributed by atoms with E-state index in [1.807, 2.05) is 38.2 Å². The number of phenolic OH excluding ortho intramolecular Hbond substituents is 1. The van der Waals surface area contributed by atoms with E-state index in [0.717, 1.165) is 33.2 Å². The van der Waals surface area contributed by atoms with Crippen molar-refractivity contribution in [3.05, 3.63) is 53.7 Å². The molecule has 0 saturated carbocycles. The Hall–Kier alpha value is -2.75. The van der Waals surface area contributed by atoms with Crippen LogP contribution in [0.5, 0.6) is 5.75 Å². The summed E-state index contributed by atoms with van der Waals surface area (Å²) in [4.78, 5) is 13.7. The number of hydrogen-bond donors (Lipinski definition) is 2. The van der Waals surface area contributed by atoms with Gasteiger partial charge in [-0.2, -0.15) is 0 Å². The van der Waals surface area contributed by atoms with Gasteiger partial charge in [0.2, 0.25) is 0 Å². The highest BCUT2D eigenvalue weighted by atomic mass is 16.5. The first-order valence-electron chi connectivity index (χ1n) is 7.10. The van der Waals surface area contributed by atoms with Crippen LogP contribution in [-0.4, -0.2) is 16.6 Å². The van der Waals surface area contributed by atoms with Crippen LogP contribution in [0, 0.1) is 6.92 Å². The monoisotopic (exact) mass is 295 g/mol. The lowest BCUT2D eigenvalue weighted by Gasteiger charge is -2.09. The molecule has 0 aliphatic heterocycles. The molecule has 2 aromatic carbocycles. The molecule has 0 saturated heterocycles. The van der Waals surface area contributed by atoms with Crippen molar-refractivity contribution in [1.29, 1.82) is 0 Å². The quantitative estimate of drug-likeness (QED) is 0.713. The molecule has 2 N–H and O–H groups in total. The Bertz CT molecular complexity index is 835. The molecular formula is C18H17NO3. The first-order valence-corrected chi connectivity index (χ1v) is 7.10. The zero-order valence-electron chi connectivity index (χ0n) is 12.5. The highest BCUT2D eigenvalue weighted by Crippen LogP contribution is 2.32. The average Bonchev–Trinajstić information content (AvgIpc) is 2.90. The Kier molecular flexibility index (Phi) is 3.59. The van der Waals surface area contributed by atoms with E-state index in [1.54, 1.807) is 12.1 Å². The minimum absolute atomic E-state index is 0.268. The Morgan fingerprint density at radius 1 is 1.23 bits per heavy atom. The second-order valence-corrected chi connectivity index (χ2v) is 5.38. The van der Waals surface area contributed by atoms with E-state index in [4.69, 9.17) is 4.74 Å². The smallest absolute Gasteiger partial charge is 0.293 e. The third-order valence-corrected chi connectivity index (χ3v) is 3.93. The summed E-state index contributed by atoms with van der Waals surface area (Å²) >= 11 is 0. The number of carbonyl (C=O) groups excluding carboxylic acids is 1. The van der Waals surface area contributed by atoms with Crippen molar-refractivity contribution in [2.75, 3.05) is 0 Å². The molecule has 0 bridgehead atoms. The number of aryl methyl sites for hydroxylation is 1. The van der Waals surface area contributed by atoms with Crippen molar-refractivity contribution in [2.24, 2.45) is 0 Å². The second-order valence-electron chi connectivity index (χ2n) is 5.38. The Morgan fingerprint density at radius 3 is 2.77 bits per heavy atom. The van der Waals surface area contributed by atoms with Crippen molar-refractivity contribution in [1.82, 2.24) is 4.98 Å². The summed E-state index contributed by atoms with van der Waals surface area (Å²) < 4.78 is 5.01. The summed E-state index contributed by atoms with van der Waals surface area (Å²) in [6.45, 7) is 4.28. The molecule has 0 aliphatic rings. The summed E-state index contributed by atoms with van der Waals surface area (Å²) in [7, 11) is 0. The van der Waals surface area contributed by atoms with Crippen LogP contribution in [0.4, 0.5) is 0 Å². The van der Waals surface area contributed by atoms with Crippen LogP contribution in [0.2, 0.25) is 0 Å². The van der Waals surface area contributed by atoms with Crippen molar-refractivity contribution in [3.8, 4) is 16.9 Å². The Labute approximate surface area is 128 Å². The molecule has 3 rings (SSSR count). The molecule has 0 aliphatic carbocycles. The van der Waals surface area contributed by atoms with Gasteiger partial charge in [-0.25, -0.2) is 0 Å². The van der Waals surface area contributed by atoms with Crippen LogP contribution < -0.4 is 0 Å². The van der Waals surface area contributed by atoms with Gasteiger partial charge in [-0.05, 0) is 48.7 Å². The van der Waals surface area contributed by atoms with Crippen molar-refractivity contribution < 1.29 is 14.6 Å². The fraction of sp³-hybridized carbons (Fsp3) is 0.167. The lowest BCUT2D eigenvalue weighted by Crippen LogP contribution is -1.96. The summed E-state index contributed by atoms with van der Waals surface area (Å²) in [5.74, 6) is 0.268. The largest absolute Gasteiger partial charge is 0.508 e. The number of aromatic hydroxyl groups is 1. The number of nitrogens with one attached hydrogen (secondary N) is 1. The maximum Gasteiger partial charge on any atom is 0.293 e. The number of rotatable bonds is 4. The van der Waals surface area contributed by atoms with Gasteiger partial charge in [0.15, 0.2) is 0 Å². The Morgan fingerprint density at radius 2 is 2.05 bits per heavy atom. The number of hydrogen-bond acceptors (Lipinski definition) is 3. The van der Waals surface area contributed by atoms with Crippen LogP contribution >= 0.6 is 0 Å². The van der Waals surface area contributed by atoms with Crippen LogP contribution in [0.15, 0.2) is 42.6 Å². The van der Waals surface area contributed by atoms with E-state index < -0.39 is 0 Å². The molecule has 112 valence electrons. The number of phenols is 1. The molecule has 0 spiro atoms. The molecule has 4 heteroatoms. The van der Waals surface area contributed by atoms with E-state index >= 15 is 0 Å². The summed E-state index contributed by atoms with van der Waals surface area (Å²) in [5.41, 5.74) is 5.11. The maximum atomic E-state index is 10.5. The van der Waals surface area contributed by atoms with Gasteiger partial charge >= 0.3 is 0 Å². The van der Waals surface area contributed by atoms with E-state index in [9.17, 15) is 9.90 Å². The zero-order chi connectivity index (χ0) is 15.7. The number of benzene rings is 2. The van der Waals surface area contributed by atoms with Gasteiger partial charge in [0, 0.05) is 22.7 Å². The lowest BCUT2D eigenvalue weighted by atomic mass is 9.98. The molecule has 0 fully saturated rings. The number of H-pyrrole nitrogens is 1. The third-order valence-electron chi connectivity index (χ3n) is 3.93. The molecule has 3 aromatic rings. The summed E-state index contributed by atoms with van der Waals surface area (Å²) in [6, 6.07) is 11.5. The van der Waals surface area contributed by atoms with Gasteiger partial charge in [0.05, 0.1) is 0 Å². The molecule has 0 amide bonds. The van der Waals surface area contributed by atoms with E-state index in [1.165, 1.54) is 0 Å². The number of aromatic nitrogens is 1. The zero-order valence-corrected chi connectivity index (χ0v) is 12.5. The van der Waals surface area contributed by atoms with Crippen LogP contribution in [-0.2, 0) is 9.53 Å². The van der Waals surface area contributed by atoms with Crippen molar-refractivity contribution >= 4 is 17.4 Å². The van der Waals surface area contributed by atoms with Crippen molar-refractivity contribution in [2.45, 2.75) is 20.0 Å². The summed E-state index contributed by atoms with van der Waals surface area (Å²) in [5, 5.41) is 10.6. The first-order chi connectivity index (χ1) is 10.6. The fourth-order valence-corrected chi connectivity index (χ4v) is 2.78. The predicted molar refractivity (Wildman–Crippen MR) is 85.7 cm³/mol. The number of aromatic amines is 1. The highest BCUT2D eigenvalue weighted by molar-refractivity contribution is 5.88. The van der Waals surface area contributed by atoms with Crippen LogP contribution in [0.1, 0.15) is 24.2 Å². The number of ether oxygens (including phenoxy) is 1. The normalized spacial score (nSPS) is 12.3. The standard InChI is InChI=1S/C18H17NO3/c1-11-7-14(21)4-6-15(11)13-3-5-16-17(12(2)22-10-20)9-19-18(16)8-13/h3-10,12,19,21H,1-2H3. The highest BCUT2D eigenvalue weighted by Gasteiger charge is 2.13. The summed E-state index contributed by atoms with van der Waals surface area (Å²) in [6.07, 6.45) is 1.58. The van der Waals surface area contributed by atoms with Gasteiger partial charge in [-0.15, -0.1) is 0 Å². The van der Waals surface area contributed by atoms with Crippen molar-refractivity contribution in [3.63, 3.8) is 0 Å². The number of fused-ring (bicyclic) bond motifs is 1. The predicted octanol–water partition coefficient (Wildman–Crippen LogP) is 4.08. The molecule has 1 aromatic heterocycles. The minimum atomic E-state index is -0.285. The molecule has 4 nitrogen and oxygen atoms in total. The van der Waals surface area contributed by atoms with Crippen LogP contribution in [0.3, 0.4) is 0 Å². The SMILES string of the molecule is Cc1cc(O)ccc1-c1ccc2c(C(C)OC=O)c[nH]c2c1. The van der Waals surface area contributed by atoms with E-state index in [2.05, 4.69) is 11.1 Å². The third kappa shape index (κ3) is 2.44. The van der Waals surface area contributed by atoms with E-state index in [-0.39, 0.29) is 11.9 Å². The average molecular weight is 295 g/mol. The lowest BCUT2D eigenvalue weighted by molar-refractivity contribution is -0.133. The first kappa shape index (κ1) is 14.2. The molecule has 1 atom stereocenters. The Balaban J connectivity index is 2.06. The van der Waals surface area contributed by atoms with Gasteiger partial charge in [0.25, 0.3) is 6.47 Å². The number of carbonyl (C=O) groups is 1. The van der Waals surface area contributed by atoms with Gasteiger partial charge in [0.1, 0.15) is 11.9 Å².